The van der Waals surface area contributed by atoms with Gasteiger partial charge in [-0.3, -0.25) is 0 Å². The third-order valence-electron chi connectivity index (χ3n) is 2.87. The number of unbranched alkanes of at least 4 members (excludes halogenated alkanes) is 7. The summed E-state index contributed by atoms with van der Waals surface area (Å²) in [5, 5.41) is 0. The zero-order valence-corrected chi connectivity index (χ0v) is 11.2. The maximum atomic E-state index is 11.4. The number of carbonyl (C=O) groups is 1. The van der Waals surface area contributed by atoms with Crippen LogP contribution in [0, 0.1) is 0 Å². The third kappa shape index (κ3) is 6.42. The lowest BCUT2D eigenvalue weighted by atomic mass is 10.1. The summed E-state index contributed by atoms with van der Waals surface area (Å²) >= 11 is 0. The Bertz CT molecular complexity index is 309. The number of hydrogen-bond donors (Lipinski definition) is 0. The van der Waals surface area contributed by atoms with Gasteiger partial charge in [-0.05, 0) is 6.42 Å². The number of esters is 1. The first-order chi connectivity index (χ1) is 8.84. The molecule has 0 unspecified atom stereocenters. The average molecular weight is 253 g/mol. The molecule has 0 saturated heterocycles. The second-order valence-electron chi connectivity index (χ2n) is 4.48. The van der Waals surface area contributed by atoms with E-state index >= 15 is 0 Å². The first kappa shape index (κ1) is 14.7. The lowest BCUT2D eigenvalue weighted by Gasteiger charge is -2.03. The van der Waals surface area contributed by atoms with Gasteiger partial charge in [0.1, 0.15) is 6.26 Å². The molecule has 1 heterocycles. The molecule has 0 atom stereocenters. The van der Waals surface area contributed by atoms with Crippen molar-refractivity contribution in [2.24, 2.45) is 0 Å². The Balaban J connectivity index is 1.88. The monoisotopic (exact) mass is 253 g/mol. The molecule has 1 aromatic heterocycles. The largest absolute Gasteiger partial charge is 0.461 e. The van der Waals surface area contributed by atoms with Crippen LogP contribution in [0.5, 0.6) is 0 Å². The fraction of sp³-hybridized carbons (Fsp3) is 0.714. The van der Waals surface area contributed by atoms with E-state index in [1.807, 2.05) is 0 Å². The van der Waals surface area contributed by atoms with Gasteiger partial charge in [0, 0.05) is 0 Å². The number of aromatic nitrogens is 1. The first-order valence-corrected chi connectivity index (χ1v) is 6.90. The molecular weight excluding hydrogens is 230 g/mol. The summed E-state index contributed by atoms with van der Waals surface area (Å²) in [4.78, 5) is 15.1. The van der Waals surface area contributed by atoms with Crippen LogP contribution in [0.4, 0.5) is 0 Å². The summed E-state index contributed by atoms with van der Waals surface area (Å²) in [6, 6.07) is 0. The first-order valence-electron chi connectivity index (χ1n) is 6.90. The van der Waals surface area contributed by atoms with Crippen LogP contribution < -0.4 is 0 Å². The van der Waals surface area contributed by atoms with E-state index in [9.17, 15) is 4.79 Å². The second kappa shape index (κ2) is 9.68. The Morgan fingerprint density at radius 1 is 1.17 bits per heavy atom. The Morgan fingerprint density at radius 3 is 2.44 bits per heavy atom. The summed E-state index contributed by atoms with van der Waals surface area (Å²) in [5.74, 6) is -0.397. The molecule has 0 amide bonds. The van der Waals surface area contributed by atoms with Gasteiger partial charge < -0.3 is 9.15 Å². The number of nitrogens with zero attached hydrogens (tertiary/aromatic N) is 1. The van der Waals surface area contributed by atoms with Crippen LogP contribution in [0.2, 0.25) is 0 Å². The van der Waals surface area contributed by atoms with Crippen molar-refractivity contribution in [3.63, 3.8) is 0 Å². The quantitative estimate of drug-likeness (QED) is 0.467. The minimum absolute atomic E-state index is 0.245. The van der Waals surface area contributed by atoms with E-state index in [4.69, 9.17) is 9.15 Å². The predicted octanol–water partition coefficient (Wildman–Crippen LogP) is 3.97. The minimum Gasteiger partial charge on any atom is -0.461 e. The van der Waals surface area contributed by atoms with Gasteiger partial charge in [-0.25, -0.2) is 9.78 Å². The van der Waals surface area contributed by atoms with E-state index in [0.717, 1.165) is 12.8 Å². The van der Waals surface area contributed by atoms with Gasteiger partial charge in [0.15, 0.2) is 12.1 Å². The third-order valence-corrected chi connectivity index (χ3v) is 2.87. The van der Waals surface area contributed by atoms with Gasteiger partial charge in [0.2, 0.25) is 0 Å². The summed E-state index contributed by atoms with van der Waals surface area (Å²) in [6.45, 7) is 2.70. The lowest BCUT2D eigenvalue weighted by molar-refractivity contribution is 0.0490. The fourth-order valence-corrected chi connectivity index (χ4v) is 1.79. The molecule has 4 heteroatoms. The van der Waals surface area contributed by atoms with Crippen molar-refractivity contribution >= 4 is 5.97 Å². The van der Waals surface area contributed by atoms with Crippen LogP contribution in [0.3, 0.4) is 0 Å². The van der Waals surface area contributed by atoms with Crippen LogP contribution >= 0.6 is 0 Å². The number of ether oxygens (including phenoxy) is 1. The molecule has 4 nitrogen and oxygen atoms in total. The molecule has 0 aliphatic heterocycles. The minimum atomic E-state index is -0.397. The van der Waals surface area contributed by atoms with Crippen molar-refractivity contribution in [2.45, 2.75) is 58.3 Å². The highest BCUT2D eigenvalue weighted by Crippen LogP contribution is 2.08. The van der Waals surface area contributed by atoms with E-state index in [0.29, 0.717) is 6.61 Å². The van der Waals surface area contributed by atoms with E-state index in [-0.39, 0.29) is 5.69 Å². The zero-order chi connectivity index (χ0) is 13.1. The Labute approximate surface area is 109 Å². The van der Waals surface area contributed by atoms with Crippen LogP contribution in [0.25, 0.3) is 0 Å². The highest BCUT2D eigenvalue weighted by atomic mass is 16.5. The van der Waals surface area contributed by atoms with Crippen LogP contribution in [0.1, 0.15) is 68.8 Å². The second-order valence-corrected chi connectivity index (χ2v) is 4.48. The molecule has 0 fully saturated rings. The summed E-state index contributed by atoms with van der Waals surface area (Å²) in [7, 11) is 0. The van der Waals surface area contributed by atoms with Gasteiger partial charge in [-0.1, -0.05) is 51.9 Å². The molecule has 0 spiro atoms. The number of carbonyl (C=O) groups excluding carboxylic acids is 1. The molecule has 0 aliphatic carbocycles. The lowest BCUT2D eigenvalue weighted by Crippen LogP contribution is -2.06. The molecule has 0 N–H and O–H groups in total. The van der Waals surface area contributed by atoms with Crippen molar-refractivity contribution in [3.05, 3.63) is 18.4 Å². The summed E-state index contributed by atoms with van der Waals surface area (Å²) < 4.78 is 9.79. The molecule has 1 aromatic rings. The number of oxazole rings is 1. The SMILES string of the molecule is CCCCCCCCCCOC(=O)c1cocn1. The normalized spacial score (nSPS) is 10.5. The number of hydrogen-bond acceptors (Lipinski definition) is 4. The molecule has 0 bridgehead atoms. The molecular formula is C14H23NO3. The molecule has 0 saturated carbocycles. The zero-order valence-electron chi connectivity index (χ0n) is 11.2. The predicted molar refractivity (Wildman–Crippen MR) is 69.4 cm³/mol. The fourth-order valence-electron chi connectivity index (χ4n) is 1.79. The Kier molecular flexibility index (Phi) is 7.93. The summed E-state index contributed by atoms with van der Waals surface area (Å²) in [5.41, 5.74) is 0.245. The maximum Gasteiger partial charge on any atom is 0.360 e. The molecule has 0 radical (unpaired) electrons. The molecule has 18 heavy (non-hydrogen) atoms. The van der Waals surface area contributed by atoms with Crippen molar-refractivity contribution < 1.29 is 13.9 Å². The Morgan fingerprint density at radius 2 is 1.83 bits per heavy atom. The van der Waals surface area contributed by atoms with Gasteiger partial charge in [-0.2, -0.15) is 0 Å². The Hall–Kier alpha value is -1.32. The van der Waals surface area contributed by atoms with Crippen LogP contribution in [-0.4, -0.2) is 17.6 Å². The van der Waals surface area contributed by atoms with Crippen molar-refractivity contribution in [2.75, 3.05) is 6.61 Å². The van der Waals surface area contributed by atoms with Crippen molar-refractivity contribution in [3.8, 4) is 0 Å². The maximum absolute atomic E-state index is 11.4. The molecule has 0 aromatic carbocycles. The van der Waals surface area contributed by atoms with Gasteiger partial charge in [-0.15, -0.1) is 0 Å². The van der Waals surface area contributed by atoms with Gasteiger partial charge >= 0.3 is 5.97 Å². The van der Waals surface area contributed by atoms with Crippen molar-refractivity contribution in [1.29, 1.82) is 0 Å². The molecule has 1 rings (SSSR count). The molecule has 102 valence electrons. The smallest absolute Gasteiger partial charge is 0.360 e. The highest BCUT2D eigenvalue weighted by Gasteiger charge is 2.09. The van der Waals surface area contributed by atoms with Crippen LogP contribution in [-0.2, 0) is 4.74 Å². The molecule has 0 aliphatic rings. The van der Waals surface area contributed by atoms with E-state index in [1.54, 1.807) is 0 Å². The summed E-state index contributed by atoms with van der Waals surface area (Å²) in [6.07, 6.45) is 12.4. The highest BCUT2D eigenvalue weighted by molar-refractivity contribution is 5.86. The van der Waals surface area contributed by atoms with Gasteiger partial charge in [0.25, 0.3) is 0 Å². The van der Waals surface area contributed by atoms with E-state index in [1.165, 1.54) is 51.2 Å². The topological polar surface area (TPSA) is 52.3 Å². The standard InChI is InChI=1S/C14H23NO3/c1-2-3-4-5-6-7-8-9-10-18-14(16)13-11-17-12-15-13/h11-12H,2-10H2,1H3. The van der Waals surface area contributed by atoms with Crippen molar-refractivity contribution in [1.82, 2.24) is 4.98 Å². The number of rotatable bonds is 10. The van der Waals surface area contributed by atoms with E-state index < -0.39 is 5.97 Å². The average Bonchev–Trinajstić information content (AvgIpc) is 2.90. The van der Waals surface area contributed by atoms with E-state index in [2.05, 4.69) is 11.9 Å². The van der Waals surface area contributed by atoms with Crippen LogP contribution in [0.15, 0.2) is 17.1 Å². The van der Waals surface area contributed by atoms with Gasteiger partial charge in [0.05, 0.1) is 6.61 Å².